The summed E-state index contributed by atoms with van der Waals surface area (Å²) in [5, 5.41) is 2.95. The Morgan fingerprint density at radius 1 is 1.10 bits per heavy atom. The maximum absolute atomic E-state index is 13.0. The molecule has 1 aliphatic heterocycles. The molecule has 11 heteroatoms. The second-order valence-electron chi connectivity index (χ2n) is 6.45. The summed E-state index contributed by atoms with van der Waals surface area (Å²) in [5.41, 5.74) is 0.754. The van der Waals surface area contributed by atoms with Gasteiger partial charge in [-0.1, -0.05) is 30.3 Å². The van der Waals surface area contributed by atoms with Crippen LogP contribution in [0, 0.1) is 0 Å². The van der Waals surface area contributed by atoms with Crippen LogP contribution in [0.5, 0.6) is 5.75 Å². The van der Waals surface area contributed by atoms with Gasteiger partial charge in [-0.15, -0.1) is 13.2 Å². The molecule has 1 unspecified atom stereocenters. The SMILES string of the molecule is O=C(OCc1ccccc1)C1CNCCN1S(=O)(=O)c1ccc(OC(F)(F)F)cc1. The molecule has 0 aliphatic carbocycles. The lowest BCUT2D eigenvalue weighted by Gasteiger charge is -2.33. The fraction of sp³-hybridized carbons (Fsp3) is 0.316. The fourth-order valence-corrected chi connectivity index (χ4v) is 4.53. The summed E-state index contributed by atoms with van der Waals surface area (Å²) in [4.78, 5) is 12.3. The molecule has 162 valence electrons. The average molecular weight is 444 g/mol. The van der Waals surface area contributed by atoms with Gasteiger partial charge in [-0.3, -0.25) is 4.79 Å². The predicted molar refractivity (Wildman–Crippen MR) is 99.9 cm³/mol. The number of ether oxygens (including phenoxy) is 2. The minimum absolute atomic E-state index is 0.00641. The van der Waals surface area contributed by atoms with Crippen LogP contribution in [0.25, 0.3) is 0 Å². The van der Waals surface area contributed by atoms with Crippen molar-refractivity contribution in [1.29, 1.82) is 0 Å². The summed E-state index contributed by atoms with van der Waals surface area (Å²) in [5.74, 6) is -1.26. The molecular formula is C19H19F3N2O5S. The first-order valence-corrected chi connectivity index (χ1v) is 10.4. The molecule has 0 radical (unpaired) electrons. The van der Waals surface area contributed by atoms with E-state index in [-0.39, 0.29) is 24.6 Å². The molecule has 1 aliphatic rings. The van der Waals surface area contributed by atoms with Crippen LogP contribution in [0.15, 0.2) is 59.5 Å². The molecule has 0 amide bonds. The molecule has 30 heavy (non-hydrogen) atoms. The van der Waals surface area contributed by atoms with E-state index >= 15 is 0 Å². The molecule has 1 heterocycles. The number of sulfonamides is 1. The third-order valence-electron chi connectivity index (χ3n) is 4.35. The van der Waals surface area contributed by atoms with E-state index < -0.39 is 34.1 Å². The number of hydrogen-bond donors (Lipinski definition) is 1. The maximum Gasteiger partial charge on any atom is 0.573 e. The number of hydrogen-bond acceptors (Lipinski definition) is 6. The zero-order valence-electron chi connectivity index (χ0n) is 15.6. The van der Waals surface area contributed by atoms with Gasteiger partial charge >= 0.3 is 12.3 Å². The van der Waals surface area contributed by atoms with Crippen LogP contribution in [0.1, 0.15) is 5.56 Å². The summed E-state index contributed by atoms with van der Waals surface area (Å²) < 4.78 is 72.9. The second-order valence-corrected chi connectivity index (χ2v) is 8.34. The van der Waals surface area contributed by atoms with E-state index in [1.165, 1.54) is 0 Å². The van der Waals surface area contributed by atoms with E-state index in [1.807, 2.05) is 6.07 Å². The zero-order chi connectivity index (χ0) is 21.8. The number of nitrogens with one attached hydrogen (secondary N) is 1. The lowest BCUT2D eigenvalue weighted by molar-refractivity contribution is -0.274. The Balaban J connectivity index is 1.74. The highest BCUT2D eigenvalue weighted by molar-refractivity contribution is 7.89. The number of carbonyl (C=O) groups excluding carboxylic acids is 1. The number of piperazine rings is 1. The molecule has 7 nitrogen and oxygen atoms in total. The first-order chi connectivity index (χ1) is 14.2. The van der Waals surface area contributed by atoms with Gasteiger partial charge < -0.3 is 14.8 Å². The topological polar surface area (TPSA) is 84.9 Å². The van der Waals surface area contributed by atoms with E-state index in [0.717, 1.165) is 34.1 Å². The van der Waals surface area contributed by atoms with E-state index in [4.69, 9.17) is 4.74 Å². The first kappa shape index (κ1) is 22.1. The molecule has 2 aromatic carbocycles. The largest absolute Gasteiger partial charge is 0.573 e. The Kier molecular flexibility index (Phi) is 6.64. The first-order valence-electron chi connectivity index (χ1n) is 8.96. The van der Waals surface area contributed by atoms with Gasteiger partial charge in [0.2, 0.25) is 10.0 Å². The number of esters is 1. The smallest absolute Gasteiger partial charge is 0.460 e. The van der Waals surface area contributed by atoms with Crippen molar-refractivity contribution < 1.29 is 35.9 Å². The summed E-state index contributed by atoms with van der Waals surface area (Å²) in [6.07, 6.45) is -4.88. The number of benzene rings is 2. The molecule has 1 atom stereocenters. The average Bonchev–Trinajstić information content (AvgIpc) is 2.72. The predicted octanol–water partition coefficient (Wildman–Crippen LogP) is 2.29. The molecule has 2 aromatic rings. The number of rotatable bonds is 6. The van der Waals surface area contributed by atoms with Gasteiger partial charge in [0.15, 0.2) is 0 Å². The van der Waals surface area contributed by atoms with Crippen LogP contribution in [-0.4, -0.2) is 50.7 Å². The lowest BCUT2D eigenvalue weighted by atomic mass is 10.2. The van der Waals surface area contributed by atoms with E-state index in [0.29, 0.717) is 6.54 Å². The molecule has 3 rings (SSSR count). The van der Waals surface area contributed by atoms with E-state index in [1.54, 1.807) is 24.3 Å². The zero-order valence-corrected chi connectivity index (χ0v) is 16.4. The minimum Gasteiger partial charge on any atom is -0.460 e. The highest BCUT2D eigenvalue weighted by atomic mass is 32.2. The highest BCUT2D eigenvalue weighted by Crippen LogP contribution is 2.26. The summed E-state index contributed by atoms with van der Waals surface area (Å²) in [7, 11) is -4.14. The number of alkyl halides is 3. The number of halogens is 3. The van der Waals surface area contributed by atoms with Gasteiger partial charge in [0.25, 0.3) is 0 Å². The highest BCUT2D eigenvalue weighted by Gasteiger charge is 2.39. The van der Waals surface area contributed by atoms with E-state index in [2.05, 4.69) is 10.1 Å². The van der Waals surface area contributed by atoms with Crippen LogP contribution in [0.3, 0.4) is 0 Å². The van der Waals surface area contributed by atoms with Crippen molar-refractivity contribution in [2.75, 3.05) is 19.6 Å². The van der Waals surface area contributed by atoms with Crippen LogP contribution >= 0.6 is 0 Å². The number of nitrogens with zero attached hydrogens (tertiary/aromatic N) is 1. The van der Waals surface area contributed by atoms with Crippen molar-refractivity contribution in [2.24, 2.45) is 0 Å². The third kappa shape index (κ3) is 5.49. The Morgan fingerprint density at radius 2 is 1.77 bits per heavy atom. The molecule has 0 bridgehead atoms. The van der Waals surface area contributed by atoms with Crippen molar-refractivity contribution in [1.82, 2.24) is 9.62 Å². The standard InChI is InChI=1S/C19H19F3N2O5S/c20-19(21,22)29-15-6-8-16(9-7-15)30(26,27)24-11-10-23-12-17(24)18(25)28-13-14-4-2-1-3-5-14/h1-9,17,23H,10-13H2. The maximum atomic E-state index is 13.0. The molecule has 0 aromatic heterocycles. The lowest BCUT2D eigenvalue weighted by Crippen LogP contribution is -2.57. The van der Waals surface area contributed by atoms with Gasteiger partial charge in [0.05, 0.1) is 4.90 Å². The molecule has 0 spiro atoms. The van der Waals surface area contributed by atoms with Crippen LogP contribution in [-0.2, 0) is 26.2 Å². The normalized spacial score (nSPS) is 18.0. The van der Waals surface area contributed by atoms with E-state index in [9.17, 15) is 26.4 Å². The number of carbonyl (C=O) groups is 1. The molecule has 1 N–H and O–H groups in total. The minimum atomic E-state index is -4.88. The van der Waals surface area contributed by atoms with Crippen LogP contribution in [0.4, 0.5) is 13.2 Å². The van der Waals surface area contributed by atoms with Crippen molar-refractivity contribution in [3.05, 3.63) is 60.2 Å². The van der Waals surface area contributed by atoms with Crippen molar-refractivity contribution >= 4 is 16.0 Å². The monoisotopic (exact) mass is 444 g/mol. The summed E-state index contributed by atoms with van der Waals surface area (Å²) in [6, 6.07) is 11.7. The van der Waals surface area contributed by atoms with Gasteiger partial charge in [0, 0.05) is 19.6 Å². The molecule has 1 saturated heterocycles. The van der Waals surface area contributed by atoms with Crippen molar-refractivity contribution in [3.8, 4) is 5.75 Å². The van der Waals surface area contributed by atoms with Gasteiger partial charge in [-0.2, -0.15) is 4.31 Å². The Labute approximate surface area is 171 Å². The van der Waals surface area contributed by atoms with Crippen molar-refractivity contribution in [3.63, 3.8) is 0 Å². The quantitative estimate of drug-likeness (QED) is 0.689. The van der Waals surface area contributed by atoms with Crippen molar-refractivity contribution in [2.45, 2.75) is 23.9 Å². The Morgan fingerprint density at radius 3 is 2.40 bits per heavy atom. The van der Waals surface area contributed by atoms with Gasteiger partial charge in [-0.25, -0.2) is 8.42 Å². The molecular weight excluding hydrogens is 425 g/mol. The molecule has 0 saturated carbocycles. The van der Waals surface area contributed by atoms with Gasteiger partial charge in [-0.05, 0) is 29.8 Å². The summed E-state index contributed by atoms with van der Waals surface area (Å²) >= 11 is 0. The third-order valence-corrected chi connectivity index (χ3v) is 6.28. The fourth-order valence-electron chi connectivity index (χ4n) is 2.95. The van der Waals surface area contributed by atoms with Gasteiger partial charge in [0.1, 0.15) is 18.4 Å². The Bertz CT molecular complexity index is 966. The molecule has 1 fully saturated rings. The second kappa shape index (κ2) is 9.02. The summed E-state index contributed by atoms with van der Waals surface area (Å²) in [6.45, 7) is 0.376. The Hall–Kier alpha value is -2.63. The van der Waals surface area contributed by atoms with Crippen LogP contribution in [0.2, 0.25) is 0 Å². The van der Waals surface area contributed by atoms with Crippen LogP contribution < -0.4 is 10.1 Å².